The van der Waals surface area contributed by atoms with Crippen molar-refractivity contribution in [3.05, 3.63) is 11.8 Å². The molecule has 0 saturated carbocycles. The summed E-state index contributed by atoms with van der Waals surface area (Å²) in [5.74, 6) is 0.102. The molecule has 2 saturated heterocycles. The Bertz CT molecular complexity index is 828. The van der Waals surface area contributed by atoms with Gasteiger partial charge in [0.05, 0.1) is 18.5 Å². The number of nitrogens with zero attached hydrogens (tertiary/aromatic N) is 5. The van der Waals surface area contributed by atoms with Crippen molar-refractivity contribution >= 4 is 27.7 Å². The number of sulfonamides is 1. The summed E-state index contributed by atoms with van der Waals surface area (Å²) in [7, 11) is -1.96. The van der Waals surface area contributed by atoms with Crippen LogP contribution in [0.3, 0.4) is 0 Å². The second kappa shape index (κ2) is 7.59. The van der Waals surface area contributed by atoms with Crippen molar-refractivity contribution in [3.8, 4) is 0 Å². The SMILES string of the molecule is Cc1cc(N2CCC[C@H](N(CC(=O)N3CCCC3)S(C)(=O)=O)C2=O)n(C)n1. The van der Waals surface area contributed by atoms with Crippen LogP contribution in [0.1, 0.15) is 31.4 Å². The predicted molar refractivity (Wildman–Crippen MR) is 101 cm³/mol. The third kappa shape index (κ3) is 4.16. The minimum Gasteiger partial charge on any atom is -0.342 e. The van der Waals surface area contributed by atoms with Gasteiger partial charge in [-0.2, -0.15) is 9.40 Å². The minimum atomic E-state index is -3.72. The fourth-order valence-electron chi connectivity index (χ4n) is 3.86. The van der Waals surface area contributed by atoms with Gasteiger partial charge in [-0.1, -0.05) is 0 Å². The molecule has 3 heterocycles. The molecule has 10 heteroatoms. The molecule has 150 valence electrons. The van der Waals surface area contributed by atoms with E-state index in [0.29, 0.717) is 38.3 Å². The van der Waals surface area contributed by atoms with Crippen LogP contribution in [-0.4, -0.2) is 77.7 Å². The number of aryl methyl sites for hydroxylation is 2. The van der Waals surface area contributed by atoms with Gasteiger partial charge in [-0.25, -0.2) is 8.42 Å². The van der Waals surface area contributed by atoms with E-state index < -0.39 is 16.1 Å². The number of carbonyl (C=O) groups is 2. The lowest BCUT2D eigenvalue weighted by atomic mass is 10.0. The van der Waals surface area contributed by atoms with Crippen molar-refractivity contribution in [2.24, 2.45) is 7.05 Å². The van der Waals surface area contributed by atoms with Crippen molar-refractivity contribution in [2.45, 2.75) is 38.6 Å². The molecule has 1 aromatic rings. The number of carbonyl (C=O) groups excluding carboxylic acids is 2. The number of amides is 2. The Balaban J connectivity index is 1.84. The number of hydrogen-bond acceptors (Lipinski definition) is 5. The zero-order valence-corrected chi connectivity index (χ0v) is 16.9. The van der Waals surface area contributed by atoms with E-state index >= 15 is 0 Å². The summed E-state index contributed by atoms with van der Waals surface area (Å²) in [6.45, 7) is 3.36. The Morgan fingerprint density at radius 2 is 1.93 bits per heavy atom. The lowest BCUT2D eigenvalue weighted by Crippen LogP contribution is -2.56. The molecule has 0 unspecified atom stereocenters. The molecule has 2 fully saturated rings. The molecule has 0 bridgehead atoms. The van der Waals surface area contributed by atoms with Gasteiger partial charge in [0.15, 0.2) is 0 Å². The molecule has 0 spiro atoms. The summed E-state index contributed by atoms with van der Waals surface area (Å²) in [6.07, 6.45) is 3.99. The summed E-state index contributed by atoms with van der Waals surface area (Å²) < 4.78 is 27.5. The molecule has 1 atom stereocenters. The molecular weight excluding hydrogens is 370 g/mol. The zero-order valence-electron chi connectivity index (χ0n) is 16.1. The van der Waals surface area contributed by atoms with Gasteiger partial charge >= 0.3 is 0 Å². The summed E-state index contributed by atoms with van der Waals surface area (Å²) in [5, 5.41) is 4.27. The van der Waals surface area contributed by atoms with Gasteiger partial charge in [-0.05, 0) is 32.6 Å². The third-order valence-corrected chi connectivity index (χ3v) is 6.42. The average Bonchev–Trinajstić information content (AvgIpc) is 3.22. The van der Waals surface area contributed by atoms with Crippen LogP contribution in [0.4, 0.5) is 5.82 Å². The number of anilines is 1. The Kier molecular flexibility index (Phi) is 5.57. The molecule has 3 rings (SSSR count). The first-order chi connectivity index (χ1) is 12.7. The van der Waals surface area contributed by atoms with Gasteiger partial charge < -0.3 is 4.90 Å². The lowest BCUT2D eigenvalue weighted by Gasteiger charge is -2.37. The van der Waals surface area contributed by atoms with E-state index in [9.17, 15) is 18.0 Å². The monoisotopic (exact) mass is 397 g/mol. The van der Waals surface area contributed by atoms with Crippen LogP contribution >= 0.6 is 0 Å². The average molecular weight is 398 g/mol. The van der Waals surface area contributed by atoms with E-state index in [0.717, 1.165) is 29.1 Å². The van der Waals surface area contributed by atoms with Crippen molar-refractivity contribution in [1.29, 1.82) is 0 Å². The molecule has 9 nitrogen and oxygen atoms in total. The van der Waals surface area contributed by atoms with Gasteiger partial charge in [0.2, 0.25) is 21.8 Å². The highest BCUT2D eigenvalue weighted by Crippen LogP contribution is 2.25. The summed E-state index contributed by atoms with van der Waals surface area (Å²) >= 11 is 0. The molecule has 1 aromatic heterocycles. The molecule has 0 aliphatic carbocycles. The van der Waals surface area contributed by atoms with E-state index in [1.807, 2.05) is 6.92 Å². The molecular formula is C17H27N5O4S. The molecule has 0 N–H and O–H groups in total. The second-order valence-electron chi connectivity index (χ2n) is 7.31. The Hall–Kier alpha value is -1.94. The minimum absolute atomic E-state index is 0.237. The number of likely N-dealkylation sites (tertiary alicyclic amines) is 1. The van der Waals surface area contributed by atoms with Gasteiger partial charge in [0.25, 0.3) is 0 Å². The number of rotatable bonds is 5. The molecule has 2 aliphatic rings. The molecule has 2 amide bonds. The highest BCUT2D eigenvalue weighted by molar-refractivity contribution is 7.88. The van der Waals surface area contributed by atoms with Crippen molar-refractivity contribution in [2.75, 3.05) is 37.3 Å². The van der Waals surface area contributed by atoms with Crippen LogP contribution < -0.4 is 4.90 Å². The van der Waals surface area contributed by atoms with Crippen molar-refractivity contribution in [1.82, 2.24) is 19.0 Å². The molecule has 0 radical (unpaired) electrons. The summed E-state index contributed by atoms with van der Waals surface area (Å²) in [6, 6.07) is 0.941. The first kappa shape index (κ1) is 19.8. The molecule has 0 aromatic carbocycles. The fourth-order valence-corrected chi connectivity index (χ4v) is 4.86. The van der Waals surface area contributed by atoms with Crippen LogP contribution in [0.2, 0.25) is 0 Å². The largest absolute Gasteiger partial charge is 0.342 e. The van der Waals surface area contributed by atoms with E-state index in [2.05, 4.69) is 5.10 Å². The quantitative estimate of drug-likeness (QED) is 0.703. The first-order valence-corrected chi connectivity index (χ1v) is 11.1. The van der Waals surface area contributed by atoms with Crippen LogP contribution in [-0.2, 0) is 26.7 Å². The zero-order chi connectivity index (χ0) is 19.8. The smallest absolute Gasteiger partial charge is 0.246 e. The molecule has 2 aliphatic heterocycles. The second-order valence-corrected chi connectivity index (χ2v) is 9.25. The maximum absolute atomic E-state index is 13.1. The van der Waals surface area contributed by atoms with Crippen molar-refractivity contribution < 1.29 is 18.0 Å². The number of hydrogen-bond donors (Lipinski definition) is 0. The van der Waals surface area contributed by atoms with E-state index in [1.54, 1.807) is 27.6 Å². The number of aromatic nitrogens is 2. The Morgan fingerprint density at radius 1 is 1.26 bits per heavy atom. The maximum atomic E-state index is 13.1. The van der Waals surface area contributed by atoms with Gasteiger partial charge in [0.1, 0.15) is 11.9 Å². The maximum Gasteiger partial charge on any atom is 0.246 e. The van der Waals surface area contributed by atoms with Crippen LogP contribution in [0.25, 0.3) is 0 Å². The predicted octanol–water partition coefficient (Wildman–Crippen LogP) is 0.108. The van der Waals surface area contributed by atoms with Gasteiger partial charge in [-0.15, -0.1) is 0 Å². The Morgan fingerprint density at radius 3 is 2.48 bits per heavy atom. The first-order valence-electron chi connectivity index (χ1n) is 9.25. The van der Waals surface area contributed by atoms with E-state index in [-0.39, 0.29) is 18.4 Å². The van der Waals surface area contributed by atoms with Crippen molar-refractivity contribution in [3.63, 3.8) is 0 Å². The number of piperidine rings is 1. The third-order valence-electron chi connectivity index (χ3n) is 5.19. The summed E-state index contributed by atoms with van der Waals surface area (Å²) in [5.41, 5.74) is 0.784. The van der Waals surface area contributed by atoms with Crippen LogP contribution in [0, 0.1) is 6.92 Å². The van der Waals surface area contributed by atoms with Gasteiger partial charge in [0, 0.05) is 32.7 Å². The molecule has 27 heavy (non-hydrogen) atoms. The summed E-state index contributed by atoms with van der Waals surface area (Å²) in [4.78, 5) is 28.9. The highest BCUT2D eigenvalue weighted by atomic mass is 32.2. The van der Waals surface area contributed by atoms with E-state index in [1.165, 1.54) is 0 Å². The van der Waals surface area contributed by atoms with E-state index in [4.69, 9.17) is 0 Å². The topological polar surface area (TPSA) is 95.8 Å². The normalized spacial score (nSPS) is 21.3. The van der Waals surface area contributed by atoms with Crippen LogP contribution in [0.5, 0.6) is 0 Å². The van der Waals surface area contributed by atoms with Crippen LogP contribution in [0.15, 0.2) is 6.07 Å². The van der Waals surface area contributed by atoms with Gasteiger partial charge in [-0.3, -0.25) is 19.2 Å². The fraction of sp³-hybridized carbons (Fsp3) is 0.706. The lowest BCUT2D eigenvalue weighted by molar-refractivity contribution is -0.131. The standard InChI is InChI=1S/C17H27N5O4S/c1-13-11-15(19(2)18-13)21-10-6-7-14(17(21)24)22(27(3,25)26)12-16(23)20-8-4-5-9-20/h11,14H,4-10,12H2,1-3H3/t14-/m0/s1. The highest BCUT2D eigenvalue weighted by Gasteiger charge is 2.40. The Labute approximate surface area is 159 Å².